The van der Waals surface area contributed by atoms with E-state index in [4.69, 9.17) is 5.21 Å². The number of halogens is 2. The normalized spacial score (nSPS) is 26.2. The number of benzene rings is 1. The van der Waals surface area contributed by atoms with E-state index in [2.05, 4.69) is 11.2 Å². The number of rotatable bonds is 1. The topological polar surface area (TPSA) is 76.6 Å². The molecule has 2 aliphatic rings. The molecule has 0 amide bonds. The Bertz CT molecular complexity index is 696. The molecule has 1 saturated carbocycles. The third kappa shape index (κ3) is 1.97. The summed E-state index contributed by atoms with van der Waals surface area (Å²) >= 11 is 0. The summed E-state index contributed by atoms with van der Waals surface area (Å²) in [6.45, 7) is 0. The molecule has 0 bridgehead atoms. The van der Waals surface area contributed by atoms with Crippen LogP contribution in [0.2, 0.25) is 0 Å². The van der Waals surface area contributed by atoms with Gasteiger partial charge >= 0.3 is 0 Å². The SMILES string of the molecule is N#CC1=C(c2cc(F)c(O)c(F)c2)C2/C(=N\O)CCC2C1. The minimum Gasteiger partial charge on any atom is -0.503 e. The number of hydrogen-bond donors (Lipinski definition) is 2. The first-order valence-electron chi connectivity index (χ1n) is 6.59. The van der Waals surface area contributed by atoms with E-state index in [1.807, 2.05) is 0 Å². The van der Waals surface area contributed by atoms with Gasteiger partial charge in [-0.1, -0.05) is 5.16 Å². The predicted molar refractivity (Wildman–Crippen MR) is 70.6 cm³/mol. The van der Waals surface area contributed by atoms with Crippen molar-refractivity contribution in [3.05, 3.63) is 34.9 Å². The van der Waals surface area contributed by atoms with Crippen molar-refractivity contribution in [1.82, 2.24) is 0 Å². The molecule has 0 radical (unpaired) electrons. The molecular weight excluding hydrogens is 278 g/mol. The molecule has 108 valence electrons. The zero-order chi connectivity index (χ0) is 15.1. The molecule has 0 saturated heterocycles. The summed E-state index contributed by atoms with van der Waals surface area (Å²) in [7, 11) is 0. The van der Waals surface area contributed by atoms with Crippen molar-refractivity contribution in [2.75, 3.05) is 0 Å². The molecule has 2 atom stereocenters. The average molecular weight is 290 g/mol. The summed E-state index contributed by atoms with van der Waals surface area (Å²) in [5.74, 6) is -3.33. The molecular formula is C15H12F2N2O2. The first-order chi connectivity index (χ1) is 10.1. The van der Waals surface area contributed by atoms with E-state index in [9.17, 15) is 19.1 Å². The van der Waals surface area contributed by atoms with E-state index in [0.29, 0.717) is 29.7 Å². The van der Waals surface area contributed by atoms with Crippen LogP contribution in [0.5, 0.6) is 5.75 Å². The quantitative estimate of drug-likeness (QED) is 0.616. The molecule has 3 rings (SSSR count). The second-order valence-corrected chi connectivity index (χ2v) is 5.36. The maximum Gasteiger partial charge on any atom is 0.187 e. The van der Waals surface area contributed by atoms with Gasteiger partial charge in [-0.15, -0.1) is 0 Å². The molecule has 2 unspecified atom stereocenters. The van der Waals surface area contributed by atoms with Crippen LogP contribution in [0.3, 0.4) is 0 Å². The minimum atomic E-state index is -1.07. The van der Waals surface area contributed by atoms with Crippen molar-refractivity contribution in [1.29, 1.82) is 5.26 Å². The summed E-state index contributed by atoms with van der Waals surface area (Å²) in [5.41, 5.74) is 1.71. The molecule has 0 aliphatic heterocycles. The van der Waals surface area contributed by atoms with Gasteiger partial charge in [0, 0.05) is 11.5 Å². The van der Waals surface area contributed by atoms with Gasteiger partial charge in [0.1, 0.15) is 0 Å². The lowest BCUT2D eigenvalue weighted by Gasteiger charge is -2.15. The minimum absolute atomic E-state index is 0.125. The maximum absolute atomic E-state index is 13.6. The smallest absolute Gasteiger partial charge is 0.187 e. The zero-order valence-corrected chi connectivity index (χ0v) is 11.0. The van der Waals surface area contributed by atoms with E-state index >= 15 is 0 Å². The number of hydrogen-bond acceptors (Lipinski definition) is 4. The third-order valence-electron chi connectivity index (χ3n) is 4.30. The number of phenols is 1. The summed E-state index contributed by atoms with van der Waals surface area (Å²) in [6, 6.07) is 4.10. The van der Waals surface area contributed by atoms with Gasteiger partial charge in [-0.3, -0.25) is 0 Å². The summed E-state index contributed by atoms with van der Waals surface area (Å²) < 4.78 is 27.1. The van der Waals surface area contributed by atoms with Gasteiger partial charge < -0.3 is 10.3 Å². The van der Waals surface area contributed by atoms with E-state index < -0.39 is 17.4 Å². The van der Waals surface area contributed by atoms with Crippen molar-refractivity contribution in [3.8, 4) is 11.8 Å². The highest BCUT2D eigenvalue weighted by atomic mass is 19.1. The Labute approximate surface area is 119 Å². The first kappa shape index (κ1) is 13.6. The Morgan fingerprint density at radius 2 is 1.95 bits per heavy atom. The number of nitriles is 1. The lowest BCUT2D eigenvalue weighted by atomic mass is 9.89. The summed E-state index contributed by atoms with van der Waals surface area (Å²) in [5, 5.41) is 30.8. The van der Waals surface area contributed by atoms with Gasteiger partial charge in [-0.05, 0) is 48.4 Å². The Hall–Kier alpha value is -2.42. The third-order valence-corrected chi connectivity index (χ3v) is 4.30. The molecule has 1 aromatic carbocycles. The highest BCUT2D eigenvalue weighted by Gasteiger charge is 2.43. The Morgan fingerprint density at radius 3 is 2.52 bits per heavy atom. The van der Waals surface area contributed by atoms with E-state index in [-0.39, 0.29) is 17.4 Å². The fourth-order valence-corrected chi connectivity index (χ4v) is 3.40. The van der Waals surface area contributed by atoms with Crippen LogP contribution in [0.1, 0.15) is 24.8 Å². The van der Waals surface area contributed by atoms with Gasteiger partial charge in [0.15, 0.2) is 17.4 Å². The Morgan fingerprint density at radius 1 is 1.29 bits per heavy atom. The van der Waals surface area contributed by atoms with Crippen LogP contribution < -0.4 is 0 Å². The second-order valence-electron chi connectivity index (χ2n) is 5.36. The summed E-state index contributed by atoms with van der Waals surface area (Å²) in [6.07, 6.45) is 1.90. The van der Waals surface area contributed by atoms with Crippen LogP contribution >= 0.6 is 0 Å². The van der Waals surface area contributed by atoms with Crippen LogP contribution in [-0.2, 0) is 0 Å². The van der Waals surface area contributed by atoms with Gasteiger partial charge in [0.2, 0.25) is 0 Å². The van der Waals surface area contributed by atoms with Crippen molar-refractivity contribution in [2.45, 2.75) is 19.3 Å². The Balaban J connectivity index is 2.17. The molecule has 21 heavy (non-hydrogen) atoms. The molecule has 6 heteroatoms. The van der Waals surface area contributed by atoms with E-state index in [0.717, 1.165) is 18.6 Å². The van der Waals surface area contributed by atoms with E-state index in [1.165, 1.54) is 0 Å². The monoisotopic (exact) mass is 290 g/mol. The molecule has 1 fully saturated rings. The Kier molecular flexibility index (Phi) is 3.13. The van der Waals surface area contributed by atoms with Crippen LogP contribution in [-0.4, -0.2) is 16.0 Å². The highest BCUT2D eigenvalue weighted by Crippen LogP contribution is 2.50. The lowest BCUT2D eigenvalue weighted by Crippen LogP contribution is -2.12. The van der Waals surface area contributed by atoms with Gasteiger partial charge in [0.05, 0.1) is 11.8 Å². The molecule has 4 nitrogen and oxygen atoms in total. The number of phenolic OH excluding ortho intramolecular Hbond substituents is 1. The molecule has 0 spiro atoms. The molecule has 0 heterocycles. The van der Waals surface area contributed by atoms with E-state index in [1.54, 1.807) is 0 Å². The van der Waals surface area contributed by atoms with Crippen LogP contribution in [0, 0.1) is 34.8 Å². The highest BCUT2D eigenvalue weighted by molar-refractivity contribution is 6.01. The fourth-order valence-electron chi connectivity index (χ4n) is 3.40. The zero-order valence-electron chi connectivity index (χ0n) is 11.0. The average Bonchev–Trinajstić information content (AvgIpc) is 3.01. The fraction of sp³-hybridized carbons (Fsp3) is 0.333. The molecule has 2 aliphatic carbocycles. The summed E-state index contributed by atoms with van der Waals surface area (Å²) in [4.78, 5) is 0. The molecule has 0 aromatic heterocycles. The number of oxime groups is 1. The van der Waals surface area contributed by atoms with Gasteiger partial charge in [0.25, 0.3) is 0 Å². The number of fused-ring (bicyclic) bond motifs is 1. The molecule has 2 N–H and O–H groups in total. The van der Waals surface area contributed by atoms with Crippen molar-refractivity contribution in [3.63, 3.8) is 0 Å². The number of allylic oxidation sites excluding steroid dienone is 2. The van der Waals surface area contributed by atoms with Crippen molar-refractivity contribution < 1.29 is 19.1 Å². The lowest BCUT2D eigenvalue weighted by molar-refractivity contribution is 0.315. The predicted octanol–water partition coefficient (Wildman–Crippen LogP) is 3.21. The van der Waals surface area contributed by atoms with Crippen LogP contribution in [0.25, 0.3) is 5.57 Å². The largest absolute Gasteiger partial charge is 0.503 e. The van der Waals surface area contributed by atoms with Crippen molar-refractivity contribution >= 4 is 11.3 Å². The second kappa shape index (κ2) is 4.85. The number of nitrogens with zero attached hydrogens (tertiary/aromatic N) is 2. The maximum atomic E-state index is 13.6. The van der Waals surface area contributed by atoms with Crippen LogP contribution in [0.4, 0.5) is 8.78 Å². The standard InChI is InChI=1S/C15H12F2N2O2/c16-10-4-8(5-11(17)15(10)20)13-9(6-18)3-7-1-2-12(19-21)14(7)13/h4-5,7,14,20-21H,1-3H2/b19-12-. The van der Waals surface area contributed by atoms with Crippen LogP contribution in [0.15, 0.2) is 22.9 Å². The number of aromatic hydroxyl groups is 1. The van der Waals surface area contributed by atoms with Crippen molar-refractivity contribution in [2.24, 2.45) is 17.0 Å². The molecule has 1 aromatic rings. The first-order valence-corrected chi connectivity index (χ1v) is 6.59. The van der Waals surface area contributed by atoms with Gasteiger partial charge in [-0.25, -0.2) is 8.78 Å². The van der Waals surface area contributed by atoms with Gasteiger partial charge in [-0.2, -0.15) is 5.26 Å².